The van der Waals surface area contributed by atoms with Crippen molar-refractivity contribution >= 4 is 6.03 Å². The minimum Gasteiger partial charge on any atom is -0.491 e. The van der Waals surface area contributed by atoms with E-state index in [4.69, 9.17) is 4.74 Å². The van der Waals surface area contributed by atoms with E-state index in [1.807, 2.05) is 29.2 Å². The van der Waals surface area contributed by atoms with E-state index in [9.17, 15) is 4.79 Å². The molecular formula is C15H20N2O2. The van der Waals surface area contributed by atoms with Crippen LogP contribution < -0.4 is 10.1 Å². The third-order valence-corrected chi connectivity index (χ3v) is 4.07. The van der Waals surface area contributed by atoms with Gasteiger partial charge in [-0.2, -0.15) is 0 Å². The lowest BCUT2D eigenvalue weighted by atomic mass is 9.99. The maximum atomic E-state index is 12.2. The van der Waals surface area contributed by atoms with Crippen LogP contribution in [0.25, 0.3) is 0 Å². The Morgan fingerprint density at radius 2 is 2.05 bits per heavy atom. The highest BCUT2D eigenvalue weighted by atomic mass is 16.5. The van der Waals surface area contributed by atoms with Gasteiger partial charge in [0.15, 0.2) is 0 Å². The standard InChI is InChI=1S/C15H20N2O2/c1-11-6-8-17(9-7-11)15(18)16-13-10-19-14-5-3-2-4-12(13)14/h2-5,11,13H,6-10H2,1H3,(H,16,18). The molecule has 2 amide bonds. The predicted molar refractivity (Wildman–Crippen MR) is 73.2 cm³/mol. The first kappa shape index (κ1) is 12.3. The molecule has 1 N–H and O–H groups in total. The van der Waals surface area contributed by atoms with E-state index in [1.165, 1.54) is 0 Å². The number of amides is 2. The van der Waals surface area contributed by atoms with Crippen molar-refractivity contribution in [1.29, 1.82) is 0 Å². The zero-order valence-corrected chi connectivity index (χ0v) is 11.3. The molecule has 2 heterocycles. The molecule has 1 fully saturated rings. The fourth-order valence-corrected chi connectivity index (χ4v) is 2.73. The second kappa shape index (κ2) is 5.11. The number of hydrogen-bond donors (Lipinski definition) is 1. The summed E-state index contributed by atoms with van der Waals surface area (Å²) < 4.78 is 5.58. The highest BCUT2D eigenvalue weighted by Gasteiger charge is 2.28. The van der Waals surface area contributed by atoms with Gasteiger partial charge in [-0.3, -0.25) is 0 Å². The molecule has 0 aromatic heterocycles. The number of likely N-dealkylation sites (tertiary alicyclic amines) is 1. The topological polar surface area (TPSA) is 41.6 Å². The second-order valence-electron chi connectivity index (χ2n) is 5.52. The van der Waals surface area contributed by atoms with Crippen LogP contribution in [0.5, 0.6) is 5.75 Å². The van der Waals surface area contributed by atoms with Crippen molar-refractivity contribution in [3.8, 4) is 5.75 Å². The first-order chi connectivity index (χ1) is 9.24. The van der Waals surface area contributed by atoms with Gasteiger partial charge in [0, 0.05) is 18.7 Å². The molecule has 0 aliphatic carbocycles. The first-order valence-corrected chi connectivity index (χ1v) is 7.01. The Kier molecular flexibility index (Phi) is 3.32. The van der Waals surface area contributed by atoms with Gasteiger partial charge in [0.25, 0.3) is 0 Å². The number of carbonyl (C=O) groups excluding carboxylic acids is 1. The molecule has 1 aromatic rings. The van der Waals surface area contributed by atoms with Crippen molar-refractivity contribution in [3.05, 3.63) is 29.8 Å². The van der Waals surface area contributed by atoms with Crippen LogP contribution in [-0.4, -0.2) is 30.6 Å². The van der Waals surface area contributed by atoms with Crippen molar-refractivity contribution in [3.63, 3.8) is 0 Å². The lowest BCUT2D eigenvalue weighted by Gasteiger charge is -2.31. The Morgan fingerprint density at radius 3 is 2.84 bits per heavy atom. The molecule has 1 atom stereocenters. The van der Waals surface area contributed by atoms with Crippen molar-refractivity contribution in [1.82, 2.24) is 10.2 Å². The molecule has 1 saturated heterocycles. The molecule has 4 nitrogen and oxygen atoms in total. The number of hydrogen-bond acceptors (Lipinski definition) is 2. The molecular weight excluding hydrogens is 240 g/mol. The monoisotopic (exact) mass is 260 g/mol. The summed E-state index contributed by atoms with van der Waals surface area (Å²) in [7, 11) is 0. The molecule has 0 radical (unpaired) electrons. The van der Waals surface area contributed by atoms with Gasteiger partial charge in [-0.1, -0.05) is 25.1 Å². The molecule has 2 aliphatic rings. The number of fused-ring (bicyclic) bond motifs is 1. The quantitative estimate of drug-likeness (QED) is 0.843. The number of urea groups is 1. The fourth-order valence-electron chi connectivity index (χ4n) is 2.73. The van der Waals surface area contributed by atoms with Gasteiger partial charge >= 0.3 is 6.03 Å². The highest BCUT2D eigenvalue weighted by Crippen LogP contribution is 2.31. The molecule has 102 valence electrons. The van der Waals surface area contributed by atoms with E-state index in [1.54, 1.807) is 0 Å². The summed E-state index contributed by atoms with van der Waals surface area (Å²) in [5, 5.41) is 3.08. The van der Waals surface area contributed by atoms with Gasteiger partial charge in [0.05, 0.1) is 6.04 Å². The van der Waals surface area contributed by atoms with E-state index < -0.39 is 0 Å². The maximum absolute atomic E-state index is 12.2. The number of benzene rings is 1. The smallest absolute Gasteiger partial charge is 0.318 e. The molecule has 0 spiro atoms. The van der Waals surface area contributed by atoms with Crippen molar-refractivity contribution in [2.45, 2.75) is 25.8 Å². The second-order valence-corrected chi connectivity index (χ2v) is 5.52. The number of rotatable bonds is 1. The normalized spacial score (nSPS) is 22.8. The van der Waals surface area contributed by atoms with Crippen LogP contribution in [0.15, 0.2) is 24.3 Å². The molecule has 2 aliphatic heterocycles. The van der Waals surface area contributed by atoms with Gasteiger partial charge in [-0.25, -0.2) is 4.79 Å². The number of nitrogens with one attached hydrogen (secondary N) is 1. The van der Waals surface area contributed by atoms with E-state index >= 15 is 0 Å². The number of ether oxygens (including phenoxy) is 1. The van der Waals surface area contributed by atoms with Crippen LogP contribution in [0.4, 0.5) is 4.79 Å². The van der Waals surface area contributed by atoms with Gasteiger partial charge in [-0.05, 0) is 24.8 Å². The zero-order chi connectivity index (χ0) is 13.2. The molecule has 1 unspecified atom stereocenters. The molecule has 0 saturated carbocycles. The third kappa shape index (κ3) is 2.53. The van der Waals surface area contributed by atoms with Crippen LogP contribution in [-0.2, 0) is 0 Å². The minimum absolute atomic E-state index is 0.0111. The first-order valence-electron chi connectivity index (χ1n) is 7.01. The summed E-state index contributed by atoms with van der Waals surface area (Å²) in [4.78, 5) is 14.1. The van der Waals surface area contributed by atoms with Crippen molar-refractivity contribution < 1.29 is 9.53 Å². The van der Waals surface area contributed by atoms with Crippen LogP contribution in [0.3, 0.4) is 0 Å². The molecule has 3 rings (SSSR count). The van der Waals surface area contributed by atoms with E-state index in [2.05, 4.69) is 12.2 Å². The molecule has 19 heavy (non-hydrogen) atoms. The SMILES string of the molecule is CC1CCN(C(=O)NC2COc3ccccc32)CC1. The fraction of sp³-hybridized carbons (Fsp3) is 0.533. The maximum Gasteiger partial charge on any atom is 0.318 e. The average molecular weight is 260 g/mol. The van der Waals surface area contributed by atoms with Crippen LogP contribution >= 0.6 is 0 Å². The van der Waals surface area contributed by atoms with Gasteiger partial charge in [0.1, 0.15) is 12.4 Å². The predicted octanol–water partition coefficient (Wildman–Crippen LogP) is 2.56. The van der Waals surface area contributed by atoms with E-state index in [-0.39, 0.29) is 12.1 Å². The average Bonchev–Trinajstić information content (AvgIpc) is 2.83. The van der Waals surface area contributed by atoms with Gasteiger partial charge in [-0.15, -0.1) is 0 Å². The van der Waals surface area contributed by atoms with E-state index in [0.29, 0.717) is 6.61 Å². The van der Waals surface area contributed by atoms with Crippen molar-refractivity contribution in [2.75, 3.05) is 19.7 Å². The number of nitrogens with zero attached hydrogens (tertiary/aromatic N) is 1. The molecule has 1 aromatic carbocycles. The van der Waals surface area contributed by atoms with Gasteiger partial charge < -0.3 is 15.0 Å². The summed E-state index contributed by atoms with van der Waals surface area (Å²) in [6.07, 6.45) is 2.20. The summed E-state index contributed by atoms with van der Waals surface area (Å²) in [5.41, 5.74) is 1.08. The summed E-state index contributed by atoms with van der Waals surface area (Å²) in [6.45, 7) is 4.51. The summed E-state index contributed by atoms with van der Waals surface area (Å²) in [5.74, 6) is 1.62. The van der Waals surface area contributed by atoms with Crippen LogP contribution in [0.2, 0.25) is 0 Å². The Morgan fingerprint density at radius 1 is 1.32 bits per heavy atom. The number of para-hydroxylation sites is 1. The van der Waals surface area contributed by atoms with Crippen LogP contribution in [0.1, 0.15) is 31.4 Å². The highest BCUT2D eigenvalue weighted by molar-refractivity contribution is 5.75. The molecule has 0 bridgehead atoms. The van der Waals surface area contributed by atoms with Crippen molar-refractivity contribution in [2.24, 2.45) is 5.92 Å². The lowest BCUT2D eigenvalue weighted by molar-refractivity contribution is 0.168. The summed E-state index contributed by atoms with van der Waals surface area (Å²) in [6, 6.07) is 7.93. The Bertz CT molecular complexity index is 467. The summed E-state index contributed by atoms with van der Waals surface area (Å²) >= 11 is 0. The molecule has 4 heteroatoms. The Labute approximate surface area is 113 Å². The minimum atomic E-state index is -0.0111. The van der Waals surface area contributed by atoms with Crippen LogP contribution in [0, 0.1) is 5.92 Å². The number of piperidine rings is 1. The largest absolute Gasteiger partial charge is 0.491 e. The zero-order valence-electron chi connectivity index (χ0n) is 11.3. The number of carbonyl (C=O) groups is 1. The third-order valence-electron chi connectivity index (χ3n) is 4.07. The van der Waals surface area contributed by atoms with Gasteiger partial charge in [0.2, 0.25) is 0 Å². The Hall–Kier alpha value is -1.71. The van der Waals surface area contributed by atoms with E-state index in [0.717, 1.165) is 43.2 Å². The lowest BCUT2D eigenvalue weighted by Crippen LogP contribution is -2.45. The Balaban J connectivity index is 1.62.